The second kappa shape index (κ2) is 3.77. The first-order valence-electron chi connectivity index (χ1n) is 6.23. The van der Waals surface area contributed by atoms with Crippen LogP contribution in [0.5, 0.6) is 0 Å². The average molecular weight is 262 g/mol. The lowest BCUT2D eigenvalue weighted by atomic mass is 9.86. The Balaban J connectivity index is 2.33. The van der Waals surface area contributed by atoms with Gasteiger partial charge in [-0.05, 0) is 12.5 Å². The highest BCUT2D eigenvalue weighted by molar-refractivity contribution is 5.99. The largest absolute Gasteiger partial charge is 0.458 e. The lowest BCUT2D eigenvalue weighted by Gasteiger charge is -2.31. The van der Waals surface area contributed by atoms with Crippen molar-refractivity contribution >= 4 is 11.7 Å². The molecule has 0 aromatic carbocycles. The zero-order valence-electron chi connectivity index (χ0n) is 10.5. The Kier molecular flexibility index (Phi) is 2.40. The molecule has 0 amide bonds. The minimum atomic E-state index is -1.77. The predicted molar refractivity (Wildman–Crippen MR) is 66.1 cm³/mol. The van der Waals surface area contributed by atoms with Gasteiger partial charge in [0, 0.05) is 18.5 Å². The number of cyclic esters (lactones) is 1. The third kappa shape index (κ3) is 1.43. The summed E-state index contributed by atoms with van der Waals surface area (Å²) in [5, 5.41) is 18.3. The van der Waals surface area contributed by atoms with E-state index in [9.17, 15) is 14.7 Å². The van der Waals surface area contributed by atoms with E-state index in [-0.39, 0.29) is 18.6 Å². The molecule has 1 atom stereocenters. The summed E-state index contributed by atoms with van der Waals surface area (Å²) in [6, 6.07) is 1.59. The maximum Gasteiger partial charge on any atom is 0.343 e. The fraction of sp³-hybridized carbons (Fsp3) is 0.462. The quantitative estimate of drug-likeness (QED) is 0.711. The molecule has 3 heterocycles. The first kappa shape index (κ1) is 12.1. The molecule has 2 N–H and O–H groups in total. The van der Waals surface area contributed by atoms with Crippen molar-refractivity contribution in [3.05, 3.63) is 33.2 Å². The number of hydrogen-bond donors (Lipinski definition) is 2. The van der Waals surface area contributed by atoms with Crippen LogP contribution in [0.3, 0.4) is 0 Å². The van der Waals surface area contributed by atoms with Crippen molar-refractivity contribution in [2.24, 2.45) is 0 Å². The van der Waals surface area contributed by atoms with Crippen LogP contribution >= 0.6 is 0 Å². The normalized spacial score (nSPS) is 24.9. The van der Waals surface area contributed by atoms with Gasteiger partial charge in [-0.3, -0.25) is 4.79 Å². The number of aromatic nitrogens is 1. The molecule has 100 valence electrons. The van der Waals surface area contributed by atoms with E-state index in [1.54, 1.807) is 13.0 Å². The van der Waals surface area contributed by atoms with Crippen LogP contribution in [0.25, 0.3) is 0 Å². The molecule has 3 rings (SSSR count). The molecule has 1 aromatic rings. The highest BCUT2D eigenvalue weighted by Crippen LogP contribution is 2.34. The number of fused-ring (bicyclic) bond motifs is 2. The van der Waals surface area contributed by atoms with Gasteiger partial charge in [-0.15, -0.1) is 0 Å². The predicted octanol–water partition coefficient (Wildman–Crippen LogP) is 0.274. The summed E-state index contributed by atoms with van der Waals surface area (Å²) in [6.07, 6.45) is 0.631. The third-order valence-electron chi connectivity index (χ3n) is 3.94. The van der Waals surface area contributed by atoms with Gasteiger partial charge in [0.1, 0.15) is 6.61 Å². The number of esters is 1. The van der Waals surface area contributed by atoms with E-state index in [4.69, 9.17) is 10.1 Å². The fourth-order valence-corrected chi connectivity index (χ4v) is 2.72. The number of carbonyl (C=O) groups excluding carboxylic acids is 1. The Morgan fingerprint density at radius 3 is 2.95 bits per heavy atom. The van der Waals surface area contributed by atoms with E-state index in [0.29, 0.717) is 35.5 Å². The number of carbonyl (C=O) groups is 1. The third-order valence-corrected chi connectivity index (χ3v) is 3.94. The maximum atomic E-state index is 12.3. The smallest absolute Gasteiger partial charge is 0.343 e. The van der Waals surface area contributed by atoms with Gasteiger partial charge in [0.2, 0.25) is 0 Å². The van der Waals surface area contributed by atoms with Gasteiger partial charge in [-0.25, -0.2) is 4.79 Å². The van der Waals surface area contributed by atoms with Gasteiger partial charge in [-0.1, -0.05) is 6.92 Å². The molecule has 0 unspecified atom stereocenters. The van der Waals surface area contributed by atoms with Crippen LogP contribution in [0.15, 0.2) is 10.9 Å². The minimum absolute atomic E-state index is 0.108. The zero-order valence-corrected chi connectivity index (χ0v) is 10.5. The van der Waals surface area contributed by atoms with Gasteiger partial charge in [0.05, 0.1) is 17.0 Å². The van der Waals surface area contributed by atoms with Crippen molar-refractivity contribution < 1.29 is 14.6 Å². The summed E-state index contributed by atoms with van der Waals surface area (Å²) in [4.78, 5) is 24.1. The maximum absolute atomic E-state index is 12.3. The zero-order chi connectivity index (χ0) is 13.8. The monoisotopic (exact) mass is 262 g/mol. The SMILES string of the molecule is CC[C@@]1(O)C(=O)OCc2c1cc1n(c2=O)CCC1=N. The lowest BCUT2D eigenvalue weighted by Crippen LogP contribution is -2.44. The summed E-state index contributed by atoms with van der Waals surface area (Å²) in [6.45, 7) is 2.02. The molecule has 0 aliphatic carbocycles. The number of pyridine rings is 1. The molecular weight excluding hydrogens is 248 g/mol. The van der Waals surface area contributed by atoms with Crippen molar-refractivity contribution in [1.82, 2.24) is 4.57 Å². The fourth-order valence-electron chi connectivity index (χ4n) is 2.72. The van der Waals surface area contributed by atoms with Crippen LogP contribution in [-0.4, -0.2) is 21.4 Å². The number of aliphatic hydroxyl groups is 1. The first-order chi connectivity index (χ1) is 8.99. The van der Waals surface area contributed by atoms with Gasteiger partial charge in [0.25, 0.3) is 5.56 Å². The Morgan fingerprint density at radius 1 is 1.53 bits per heavy atom. The molecule has 1 aromatic heterocycles. The highest BCUT2D eigenvalue weighted by Gasteiger charge is 2.45. The molecule has 2 aliphatic heterocycles. The lowest BCUT2D eigenvalue weighted by molar-refractivity contribution is -0.172. The molecule has 0 bridgehead atoms. The van der Waals surface area contributed by atoms with E-state index >= 15 is 0 Å². The van der Waals surface area contributed by atoms with Gasteiger partial charge < -0.3 is 19.8 Å². The number of ether oxygens (including phenoxy) is 1. The standard InChI is InChI=1S/C13H14N2O4/c1-2-13(18)8-5-10-9(14)3-4-15(10)11(16)7(8)6-19-12(13)17/h5,14,18H,2-4,6H2,1H3/t13-/m0/s1. The molecule has 6 heteroatoms. The summed E-state index contributed by atoms with van der Waals surface area (Å²) < 4.78 is 6.43. The Hall–Kier alpha value is -1.95. The van der Waals surface area contributed by atoms with Gasteiger partial charge >= 0.3 is 5.97 Å². The van der Waals surface area contributed by atoms with Crippen molar-refractivity contribution in [3.8, 4) is 0 Å². The Labute approximate surface area is 109 Å². The summed E-state index contributed by atoms with van der Waals surface area (Å²) in [7, 11) is 0. The topological polar surface area (TPSA) is 92.4 Å². The summed E-state index contributed by atoms with van der Waals surface area (Å²) in [5.74, 6) is -0.726. The first-order valence-corrected chi connectivity index (χ1v) is 6.23. The highest BCUT2D eigenvalue weighted by atomic mass is 16.6. The second-order valence-electron chi connectivity index (χ2n) is 4.90. The van der Waals surface area contributed by atoms with Crippen LogP contribution in [0.4, 0.5) is 0 Å². The van der Waals surface area contributed by atoms with Crippen molar-refractivity contribution in [3.63, 3.8) is 0 Å². The van der Waals surface area contributed by atoms with E-state index < -0.39 is 11.6 Å². The summed E-state index contributed by atoms with van der Waals surface area (Å²) >= 11 is 0. The molecule has 0 saturated carbocycles. The molecule has 0 fully saturated rings. The number of nitrogens with zero attached hydrogens (tertiary/aromatic N) is 1. The van der Waals surface area contributed by atoms with Crippen molar-refractivity contribution in [2.45, 2.75) is 38.5 Å². The molecule has 0 spiro atoms. The van der Waals surface area contributed by atoms with Crippen LogP contribution < -0.4 is 5.56 Å². The van der Waals surface area contributed by atoms with Crippen LogP contribution in [0.1, 0.15) is 36.6 Å². The van der Waals surface area contributed by atoms with Crippen molar-refractivity contribution in [1.29, 1.82) is 5.41 Å². The van der Waals surface area contributed by atoms with E-state index in [1.807, 2.05) is 0 Å². The molecule has 19 heavy (non-hydrogen) atoms. The minimum Gasteiger partial charge on any atom is -0.458 e. The van der Waals surface area contributed by atoms with E-state index in [2.05, 4.69) is 0 Å². The molecule has 2 aliphatic rings. The second-order valence-corrected chi connectivity index (χ2v) is 4.90. The Bertz CT molecular complexity index is 661. The molecular formula is C13H14N2O4. The van der Waals surface area contributed by atoms with E-state index in [0.717, 1.165) is 0 Å². The molecule has 0 saturated heterocycles. The van der Waals surface area contributed by atoms with Crippen LogP contribution in [0.2, 0.25) is 0 Å². The van der Waals surface area contributed by atoms with Crippen molar-refractivity contribution in [2.75, 3.05) is 0 Å². The van der Waals surface area contributed by atoms with Crippen LogP contribution in [0, 0.1) is 5.41 Å². The number of nitrogens with one attached hydrogen (secondary N) is 1. The average Bonchev–Trinajstić information content (AvgIpc) is 2.77. The van der Waals surface area contributed by atoms with E-state index in [1.165, 1.54) is 4.57 Å². The molecule has 0 radical (unpaired) electrons. The van der Waals surface area contributed by atoms with Crippen LogP contribution in [-0.2, 0) is 28.3 Å². The van der Waals surface area contributed by atoms with Gasteiger partial charge in [-0.2, -0.15) is 0 Å². The molecule has 6 nitrogen and oxygen atoms in total. The summed E-state index contributed by atoms with van der Waals surface area (Å²) in [5.41, 5.74) is -0.570. The Morgan fingerprint density at radius 2 is 2.26 bits per heavy atom. The van der Waals surface area contributed by atoms with Gasteiger partial charge in [0.15, 0.2) is 5.60 Å². The number of hydrogen-bond acceptors (Lipinski definition) is 5. The number of rotatable bonds is 1.